The second kappa shape index (κ2) is 7.81. The molecule has 1 rings (SSSR count). The summed E-state index contributed by atoms with van der Waals surface area (Å²) in [5, 5.41) is 9.36. The maximum atomic E-state index is 12.9. The van der Waals surface area contributed by atoms with Gasteiger partial charge in [-0.1, -0.05) is 6.07 Å². The van der Waals surface area contributed by atoms with Gasteiger partial charge in [-0.05, 0) is 59.2 Å². The van der Waals surface area contributed by atoms with Gasteiger partial charge in [0.15, 0.2) is 5.92 Å². The van der Waals surface area contributed by atoms with Gasteiger partial charge >= 0.3 is 24.1 Å². The maximum absolute atomic E-state index is 12.9. The van der Waals surface area contributed by atoms with Crippen LogP contribution in [-0.4, -0.2) is 34.2 Å². The van der Waals surface area contributed by atoms with Crippen molar-refractivity contribution in [3.63, 3.8) is 0 Å². The Morgan fingerprint density at radius 2 is 1.32 bits per heavy atom. The molecule has 0 unspecified atom stereocenters. The number of carboxylic acids is 1. The minimum atomic E-state index is -4.80. The summed E-state index contributed by atoms with van der Waals surface area (Å²) in [6, 6.07) is 1.76. The van der Waals surface area contributed by atoms with Crippen LogP contribution >= 0.6 is 0 Å². The van der Waals surface area contributed by atoms with Crippen LogP contribution in [0.1, 0.15) is 68.9 Å². The highest BCUT2D eigenvalue weighted by Gasteiger charge is 2.40. The lowest BCUT2D eigenvalue weighted by atomic mass is 9.92. The van der Waals surface area contributed by atoms with Gasteiger partial charge < -0.3 is 14.6 Å². The average molecular weight is 404 g/mol. The molecule has 0 atom stereocenters. The van der Waals surface area contributed by atoms with E-state index in [0.29, 0.717) is 12.1 Å². The van der Waals surface area contributed by atoms with E-state index in [1.165, 1.54) is 41.5 Å². The van der Waals surface area contributed by atoms with E-state index in [1.54, 1.807) is 0 Å². The number of ether oxygens (including phenoxy) is 2. The molecule has 0 aliphatic heterocycles. The van der Waals surface area contributed by atoms with Crippen LogP contribution in [0.4, 0.5) is 13.2 Å². The highest BCUT2D eigenvalue weighted by atomic mass is 19.4. The monoisotopic (exact) mass is 404 g/mol. The summed E-state index contributed by atoms with van der Waals surface area (Å²) < 4.78 is 49.2. The molecule has 156 valence electrons. The Morgan fingerprint density at radius 1 is 0.893 bits per heavy atom. The lowest BCUT2D eigenvalue weighted by molar-refractivity contribution is -0.169. The summed E-state index contributed by atoms with van der Waals surface area (Å²) in [6.45, 7) is 9.18. The zero-order valence-electron chi connectivity index (χ0n) is 16.4. The van der Waals surface area contributed by atoms with Gasteiger partial charge in [-0.2, -0.15) is 13.2 Å². The van der Waals surface area contributed by atoms with Gasteiger partial charge in [0.1, 0.15) is 11.2 Å². The van der Waals surface area contributed by atoms with Crippen LogP contribution in [0.15, 0.2) is 18.2 Å². The summed E-state index contributed by atoms with van der Waals surface area (Å²) in [4.78, 5) is 36.8. The molecule has 0 bridgehead atoms. The molecule has 0 saturated heterocycles. The Morgan fingerprint density at radius 3 is 1.64 bits per heavy atom. The van der Waals surface area contributed by atoms with E-state index in [-0.39, 0.29) is 0 Å². The van der Waals surface area contributed by atoms with E-state index in [4.69, 9.17) is 9.47 Å². The van der Waals surface area contributed by atoms with Crippen molar-refractivity contribution < 1.29 is 42.1 Å². The zero-order chi connectivity index (χ0) is 22.1. The number of esters is 2. The van der Waals surface area contributed by atoms with Gasteiger partial charge in [0, 0.05) is 0 Å². The lowest BCUT2D eigenvalue weighted by Crippen LogP contribution is -2.36. The lowest BCUT2D eigenvalue weighted by Gasteiger charge is -2.27. The van der Waals surface area contributed by atoms with Crippen molar-refractivity contribution in [2.24, 2.45) is 0 Å². The van der Waals surface area contributed by atoms with Crippen LogP contribution in [-0.2, 0) is 25.2 Å². The molecule has 1 aromatic rings. The molecule has 28 heavy (non-hydrogen) atoms. The number of carboxylic acid groups (broad SMARTS) is 1. The first-order valence-corrected chi connectivity index (χ1v) is 8.32. The number of rotatable bonds is 4. The molecular formula is C19H23F3O6. The normalized spacial score (nSPS) is 12.6. The molecule has 0 amide bonds. The molecule has 0 aliphatic rings. The van der Waals surface area contributed by atoms with E-state index in [0.717, 1.165) is 6.07 Å². The fraction of sp³-hybridized carbons (Fsp3) is 0.526. The predicted molar refractivity (Wildman–Crippen MR) is 92.8 cm³/mol. The Balaban J connectivity index is 3.58. The first kappa shape index (κ1) is 23.5. The summed E-state index contributed by atoms with van der Waals surface area (Å²) in [5.74, 6) is -5.82. The molecule has 0 aromatic heterocycles. The third-order valence-corrected chi connectivity index (χ3v) is 3.21. The second-order valence-corrected chi connectivity index (χ2v) is 8.10. The summed E-state index contributed by atoms with van der Waals surface area (Å²) in [7, 11) is 0. The van der Waals surface area contributed by atoms with E-state index < -0.39 is 57.9 Å². The molecule has 0 radical (unpaired) electrons. The molecule has 0 fully saturated rings. The summed E-state index contributed by atoms with van der Waals surface area (Å²) in [5.41, 5.74) is -4.54. The van der Waals surface area contributed by atoms with Crippen LogP contribution in [0, 0.1) is 0 Å². The second-order valence-electron chi connectivity index (χ2n) is 8.10. The number of benzene rings is 1. The van der Waals surface area contributed by atoms with Crippen molar-refractivity contribution in [1.29, 1.82) is 0 Å². The third-order valence-electron chi connectivity index (χ3n) is 3.21. The van der Waals surface area contributed by atoms with Crippen LogP contribution in [0.3, 0.4) is 0 Å². The molecule has 1 N–H and O–H groups in total. The smallest absolute Gasteiger partial charge is 0.416 e. The van der Waals surface area contributed by atoms with Gasteiger partial charge in [0.2, 0.25) is 0 Å². The highest BCUT2D eigenvalue weighted by Crippen LogP contribution is 2.34. The van der Waals surface area contributed by atoms with Gasteiger partial charge in [-0.3, -0.25) is 9.59 Å². The van der Waals surface area contributed by atoms with E-state index in [1.807, 2.05) is 0 Å². The molecule has 0 saturated carbocycles. The third kappa shape index (κ3) is 6.54. The quantitative estimate of drug-likeness (QED) is 0.598. The standard InChI is InChI=1S/C19H23F3O6/c1-17(2,3)27-15(25)13(16(26)28-18(4,5)6)11-8-7-10(19(20,21)22)9-12(11)14(23)24/h7-9,13H,1-6H3,(H,23,24). The van der Waals surface area contributed by atoms with Crippen molar-refractivity contribution in [1.82, 2.24) is 0 Å². The van der Waals surface area contributed by atoms with Crippen LogP contribution in [0.2, 0.25) is 0 Å². The number of hydrogen-bond acceptors (Lipinski definition) is 5. The van der Waals surface area contributed by atoms with Gasteiger partial charge in [0.05, 0.1) is 11.1 Å². The Kier molecular flexibility index (Phi) is 6.54. The van der Waals surface area contributed by atoms with Crippen LogP contribution in [0.5, 0.6) is 0 Å². The first-order chi connectivity index (χ1) is 12.4. The molecular weight excluding hydrogens is 381 g/mol. The van der Waals surface area contributed by atoms with Gasteiger partial charge in [0.25, 0.3) is 0 Å². The van der Waals surface area contributed by atoms with Gasteiger partial charge in [-0.15, -0.1) is 0 Å². The van der Waals surface area contributed by atoms with Crippen molar-refractivity contribution >= 4 is 17.9 Å². The number of carbonyl (C=O) groups excluding carboxylic acids is 2. The largest absolute Gasteiger partial charge is 0.478 e. The number of halogens is 3. The molecule has 9 heteroatoms. The minimum Gasteiger partial charge on any atom is -0.478 e. The highest BCUT2D eigenvalue weighted by molar-refractivity contribution is 6.04. The maximum Gasteiger partial charge on any atom is 0.416 e. The number of carbonyl (C=O) groups is 3. The Hall–Kier alpha value is -2.58. The van der Waals surface area contributed by atoms with Gasteiger partial charge in [-0.25, -0.2) is 4.79 Å². The van der Waals surface area contributed by atoms with E-state index in [9.17, 15) is 32.7 Å². The molecule has 1 aromatic carbocycles. The van der Waals surface area contributed by atoms with Crippen molar-refractivity contribution in [2.45, 2.75) is 64.8 Å². The first-order valence-electron chi connectivity index (χ1n) is 8.32. The summed E-state index contributed by atoms with van der Waals surface area (Å²) in [6.07, 6.45) is -4.80. The van der Waals surface area contributed by atoms with Crippen molar-refractivity contribution in [2.75, 3.05) is 0 Å². The fourth-order valence-electron chi connectivity index (χ4n) is 2.24. The van der Waals surface area contributed by atoms with E-state index >= 15 is 0 Å². The van der Waals surface area contributed by atoms with Crippen molar-refractivity contribution in [3.8, 4) is 0 Å². The number of aromatic carboxylic acids is 1. The van der Waals surface area contributed by atoms with Crippen LogP contribution in [0.25, 0.3) is 0 Å². The SMILES string of the molecule is CC(C)(C)OC(=O)C(C(=O)OC(C)(C)C)c1ccc(C(F)(F)F)cc1C(=O)O. The topological polar surface area (TPSA) is 89.9 Å². The molecule has 0 heterocycles. The van der Waals surface area contributed by atoms with Crippen molar-refractivity contribution in [3.05, 3.63) is 34.9 Å². The zero-order valence-corrected chi connectivity index (χ0v) is 16.4. The molecule has 0 spiro atoms. The van der Waals surface area contributed by atoms with E-state index in [2.05, 4.69) is 0 Å². The number of hydrogen-bond donors (Lipinski definition) is 1. The Bertz CT molecular complexity index is 741. The minimum absolute atomic E-state index is 0.374. The Labute approximate surface area is 160 Å². The predicted octanol–water partition coefficient (Wildman–Crippen LogP) is 4.17. The molecule has 6 nitrogen and oxygen atoms in total. The average Bonchev–Trinajstić information content (AvgIpc) is 2.42. The van der Waals surface area contributed by atoms with Crippen LogP contribution < -0.4 is 0 Å². The summed E-state index contributed by atoms with van der Waals surface area (Å²) >= 11 is 0. The number of alkyl halides is 3. The fourth-order valence-corrected chi connectivity index (χ4v) is 2.24. The molecule has 0 aliphatic carbocycles.